The van der Waals surface area contributed by atoms with Gasteiger partial charge in [-0.1, -0.05) is 187 Å². The van der Waals surface area contributed by atoms with Crippen LogP contribution in [0, 0.1) is 50.3 Å². The normalized spacial score (nSPS) is 17.9. The molecule has 0 spiro atoms. The van der Waals surface area contributed by atoms with Gasteiger partial charge in [0, 0.05) is 179 Å². The number of piperidine rings is 5. The van der Waals surface area contributed by atoms with Crippen LogP contribution in [0.2, 0.25) is 0 Å². The first-order valence-corrected chi connectivity index (χ1v) is 47.5. The number of amides is 5. The van der Waals surface area contributed by atoms with Crippen molar-refractivity contribution < 1.29 is 28.4 Å². The maximum atomic E-state index is 13.5. The maximum Gasteiger partial charge on any atom is 0.234 e. The van der Waals surface area contributed by atoms with E-state index < -0.39 is 0 Å². The Balaban J connectivity index is 0.000000191. The quantitative estimate of drug-likeness (QED) is 0.0252. The number of benzene rings is 5. The highest BCUT2D eigenvalue weighted by Gasteiger charge is 2.38. The van der Waals surface area contributed by atoms with Crippen LogP contribution < -0.4 is 27.0 Å². The minimum Gasteiger partial charge on any atom is -0.369 e. The zero-order valence-corrected chi connectivity index (χ0v) is 79.0. The standard InChI is InChI=1S/C22H35N3O.C22H37N3O.C21H32FN3O.C19H31N3O.C18H29N3O/c1-17(2)14-23-22(26)16-24-11-9-21(10-12-24)25(20-7-8-20)15-19-6-4-5-18(3)13-19;1-17(2)14-23-22(26)16-24-11-9-21(10-12-24)25(18(3)4)15-20-8-6-7-19(5)13-20;1-16(2)13-23-21(26)15-24-10-8-20(9-11-24)25(19-6-7-19)14-17-4-3-5-18(22)12-17;1-16(2)13-20-19(23)15-22-11-9-18(10-12-22)21(3)14-17-7-5-4-6-8-17;1-14(2)21(12-16-6-4-5-15(3)11-16)17-7-9-20(10-8-17)13-18(19)22/h4-6,13,17,20-21H,7-12,14-16H2,1-3H3,(H,23,26);6-8,13,17-18,21H,9-12,14-16H2,1-5H3,(H,23,26);3-5,12,16,19-20H,6-11,13-15H2,1-2H3,(H,23,26);4-8,16,18H,9-15H2,1-3H3,(H,20,23);4-6,11,14,17H,7-10,12-13H2,1-3H3,(H2,19,22). The van der Waals surface area contributed by atoms with E-state index in [0.717, 1.165) is 187 Å². The second-order valence-corrected chi connectivity index (χ2v) is 39.1. The second kappa shape index (κ2) is 53.6. The lowest BCUT2D eigenvalue weighted by Crippen LogP contribution is -2.49. The molecule has 0 bridgehead atoms. The number of rotatable bonds is 37. The molecule has 123 heavy (non-hydrogen) atoms. The third-order valence-corrected chi connectivity index (χ3v) is 25.2. The summed E-state index contributed by atoms with van der Waals surface area (Å²) in [5.41, 5.74) is 15.9. The number of nitrogens with two attached hydrogens (primary N) is 1. The van der Waals surface area contributed by atoms with Crippen LogP contribution in [0.1, 0.15) is 217 Å². The predicted octanol–water partition coefficient (Wildman–Crippen LogP) is 14.2. The zero-order chi connectivity index (χ0) is 88.9. The summed E-state index contributed by atoms with van der Waals surface area (Å²) in [4.78, 5) is 83.4. The van der Waals surface area contributed by atoms with Gasteiger partial charge in [0.15, 0.2) is 0 Å². The molecule has 0 atom stereocenters. The summed E-state index contributed by atoms with van der Waals surface area (Å²) < 4.78 is 13.5. The van der Waals surface area contributed by atoms with E-state index in [2.05, 4.69) is 284 Å². The molecule has 0 radical (unpaired) electrons. The van der Waals surface area contributed by atoms with Gasteiger partial charge in [0.2, 0.25) is 29.5 Å². The molecule has 5 aromatic carbocycles. The van der Waals surface area contributed by atoms with Crippen LogP contribution in [0.4, 0.5) is 4.39 Å². The monoisotopic (exact) mass is 1700 g/mol. The lowest BCUT2D eigenvalue weighted by Gasteiger charge is -2.40. The van der Waals surface area contributed by atoms with Gasteiger partial charge < -0.3 is 27.0 Å². The predicted molar refractivity (Wildman–Crippen MR) is 504 cm³/mol. The number of likely N-dealkylation sites (tertiary alicyclic amines) is 5. The molecule has 5 saturated heterocycles. The molecule has 0 aromatic heterocycles. The fourth-order valence-corrected chi connectivity index (χ4v) is 18.0. The molecule has 2 saturated carbocycles. The molecule has 5 amide bonds. The maximum absolute atomic E-state index is 13.5. The number of primary amides is 1. The van der Waals surface area contributed by atoms with Gasteiger partial charge >= 0.3 is 0 Å². The van der Waals surface area contributed by atoms with Crippen molar-refractivity contribution in [3.05, 3.63) is 178 Å². The van der Waals surface area contributed by atoms with Crippen LogP contribution in [0.15, 0.2) is 127 Å². The summed E-state index contributed by atoms with van der Waals surface area (Å²) in [5.74, 6) is 2.28. The van der Waals surface area contributed by atoms with Crippen molar-refractivity contribution in [2.24, 2.45) is 29.4 Å². The Kier molecular flexibility index (Phi) is 44.2. The number of halogens is 1. The van der Waals surface area contributed by atoms with Crippen LogP contribution in [-0.4, -0.2) is 264 Å². The Morgan fingerprint density at radius 3 is 0.886 bits per heavy atom. The van der Waals surface area contributed by atoms with E-state index >= 15 is 0 Å². The number of carbonyl (C=O) groups is 5. The Bertz CT molecular complexity index is 3610. The molecule has 5 heterocycles. The van der Waals surface area contributed by atoms with Crippen molar-refractivity contribution >= 4 is 29.5 Å². The lowest BCUT2D eigenvalue weighted by atomic mass is 10.00. The van der Waals surface area contributed by atoms with Crippen molar-refractivity contribution in [2.45, 2.75) is 281 Å². The van der Waals surface area contributed by atoms with Gasteiger partial charge in [-0.25, -0.2) is 4.39 Å². The zero-order valence-electron chi connectivity index (χ0n) is 79.0. The average Bonchev–Trinajstić information content (AvgIpc) is 1.67. The van der Waals surface area contributed by atoms with Crippen LogP contribution in [0.25, 0.3) is 0 Å². The van der Waals surface area contributed by atoms with Gasteiger partial charge in [0.25, 0.3) is 0 Å². The summed E-state index contributed by atoms with van der Waals surface area (Å²) in [5, 5.41) is 12.1. The lowest BCUT2D eigenvalue weighted by molar-refractivity contribution is -0.123. The highest BCUT2D eigenvalue weighted by atomic mass is 19.1. The number of aryl methyl sites for hydroxylation is 3. The summed E-state index contributed by atoms with van der Waals surface area (Å²) in [6.45, 7) is 53.1. The molecule has 20 nitrogen and oxygen atoms in total. The molecule has 2 aliphatic carbocycles. The molecule has 12 rings (SSSR count). The number of hydrogen-bond donors (Lipinski definition) is 5. The second-order valence-electron chi connectivity index (χ2n) is 39.1. The molecular formula is C102H164FN15O5. The van der Waals surface area contributed by atoms with Crippen LogP contribution in [-0.2, 0) is 56.7 Å². The summed E-state index contributed by atoms with van der Waals surface area (Å²) in [6, 6.07) is 49.7. The molecule has 684 valence electrons. The molecule has 0 unspecified atom stereocenters. The van der Waals surface area contributed by atoms with Crippen LogP contribution in [0.5, 0.6) is 0 Å². The third kappa shape index (κ3) is 39.4. The first-order valence-electron chi connectivity index (χ1n) is 47.5. The number of carbonyl (C=O) groups excluding carboxylic acids is 5. The molecular weight excluding hydrogens is 1530 g/mol. The minimum atomic E-state index is -0.223. The van der Waals surface area contributed by atoms with E-state index in [9.17, 15) is 28.4 Å². The topological polar surface area (TPSA) is 192 Å². The number of nitrogens with zero attached hydrogens (tertiary/aromatic N) is 10. The molecule has 5 aromatic rings. The van der Waals surface area contributed by atoms with Gasteiger partial charge in [-0.15, -0.1) is 0 Å². The molecule has 7 aliphatic rings. The van der Waals surface area contributed by atoms with E-state index in [0.29, 0.717) is 105 Å². The fourth-order valence-electron chi connectivity index (χ4n) is 18.0. The summed E-state index contributed by atoms with van der Waals surface area (Å²) in [7, 11) is 2.21. The van der Waals surface area contributed by atoms with E-state index in [4.69, 9.17) is 5.73 Å². The van der Waals surface area contributed by atoms with Crippen molar-refractivity contribution in [3.63, 3.8) is 0 Å². The number of nitrogens with one attached hydrogen (secondary N) is 4. The molecule has 5 aliphatic heterocycles. The van der Waals surface area contributed by atoms with Crippen molar-refractivity contribution in [3.8, 4) is 0 Å². The highest BCUT2D eigenvalue weighted by molar-refractivity contribution is 5.79. The van der Waals surface area contributed by atoms with Crippen molar-refractivity contribution in [1.29, 1.82) is 0 Å². The summed E-state index contributed by atoms with van der Waals surface area (Å²) in [6.07, 6.45) is 16.5. The highest BCUT2D eigenvalue weighted by Crippen LogP contribution is 2.36. The third-order valence-electron chi connectivity index (χ3n) is 25.2. The Hall–Kier alpha value is -7.02. The van der Waals surface area contributed by atoms with Gasteiger partial charge in [0.1, 0.15) is 5.82 Å². The molecule has 7 fully saturated rings. The van der Waals surface area contributed by atoms with Crippen molar-refractivity contribution in [1.82, 2.24) is 70.3 Å². The largest absolute Gasteiger partial charge is 0.369 e. The fraction of sp³-hybridized carbons (Fsp3) is 0.657. The van der Waals surface area contributed by atoms with Crippen molar-refractivity contribution in [2.75, 3.05) is 131 Å². The van der Waals surface area contributed by atoms with Gasteiger partial charge in [0.05, 0.1) is 32.7 Å². The van der Waals surface area contributed by atoms with E-state index in [1.54, 1.807) is 12.1 Å². The SMILES string of the molecule is CC(C)CNC(=O)CN1CCC(N(C)Cc2ccccc2)CC1.CC(C)CNC(=O)CN1CCC(N(Cc2cccc(F)c2)C2CC2)CC1.Cc1cccc(CN(C(C)C)C2CCN(CC(=O)NCC(C)C)CC2)c1.Cc1cccc(CN(C(C)C)C2CCN(CC(N)=O)CC2)c1.Cc1cccc(CN(C2CC2)C2CCN(CC(=O)NCC(C)C)CC2)c1. The van der Waals surface area contributed by atoms with Gasteiger partial charge in [-0.2, -0.15) is 0 Å². The molecule has 21 heteroatoms. The summed E-state index contributed by atoms with van der Waals surface area (Å²) >= 11 is 0. The molecule has 6 N–H and O–H groups in total. The number of hydrogen-bond acceptors (Lipinski definition) is 15. The van der Waals surface area contributed by atoms with E-state index in [1.165, 1.54) is 83.5 Å². The Morgan fingerprint density at radius 1 is 0.333 bits per heavy atom. The smallest absolute Gasteiger partial charge is 0.234 e. The van der Waals surface area contributed by atoms with Crippen LogP contribution in [0.3, 0.4) is 0 Å². The minimum absolute atomic E-state index is 0.135. The Morgan fingerprint density at radius 2 is 0.602 bits per heavy atom. The van der Waals surface area contributed by atoms with Gasteiger partial charge in [-0.3, -0.25) is 73.0 Å². The Labute approximate surface area is 743 Å². The first-order chi connectivity index (χ1) is 58.9. The van der Waals surface area contributed by atoms with Gasteiger partial charge in [-0.05, 0) is 209 Å². The first kappa shape index (κ1) is 101. The average molecular weight is 1700 g/mol. The van der Waals surface area contributed by atoms with E-state index in [-0.39, 0.29) is 35.4 Å². The van der Waals surface area contributed by atoms with Crippen LogP contribution >= 0.6 is 0 Å². The van der Waals surface area contributed by atoms with E-state index in [1.807, 2.05) is 6.07 Å².